The largest absolute Gasteiger partial charge is 0.508 e. The first-order chi connectivity index (χ1) is 16.1. The number of aromatic hydroxyl groups is 1. The lowest BCUT2D eigenvalue weighted by atomic mass is 9.92. The molecule has 1 aliphatic carbocycles. The van der Waals surface area contributed by atoms with Crippen molar-refractivity contribution in [2.75, 3.05) is 17.2 Å². The Morgan fingerprint density at radius 1 is 1.24 bits per heavy atom. The fourth-order valence-electron chi connectivity index (χ4n) is 4.52. The van der Waals surface area contributed by atoms with E-state index in [1.54, 1.807) is 0 Å². The Balaban J connectivity index is 1.50. The molecule has 4 rings (SSSR count). The molecule has 1 heterocycles. The molecule has 1 atom stereocenters. The van der Waals surface area contributed by atoms with E-state index in [4.69, 9.17) is 4.74 Å². The SMILES string of the molecule is CC(=O)Cc1cc(C2CCCC2)c(O)cc1NC(=O)C1CNc2cc(OC(C)(F)F)ccc2O1. The monoisotopic (exact) mass is 474 g/mol. The summed E-state index contributed by atoms with van der Waals surface area (Å²) in [7, 11) is 0. The number of nitrogens with one attached hydrogen (secondary N) is 2. The van der Waals surface area contributed by atoms with Crippen molar-refractivity contribution < 1.29 is 33.0 Å². The lowest BCUT2D eigenvalue weighted by Gasteiger charge is -2.27. The number of phenolic OH excluding ortho intramolecular Hbond substituents is 1. The number of ether oxygens (including phenoxy) is 2. The fraction of sp³-hybridized carbons (Fsp3) is 0.440. The van der Waals surface area contributed by atoms with Gasteiger partial charge in [-0.1, -0.05) is 12.8 Å². The van der Waals surface area contributed by atoms with Crippen molar-refractivity contribution in [1.29, 1.82) is 0 Å². The smallest absolute Gasteiger partial charge is 0.394 e. The van der Waals surface area contributed by atoms with E-state index in [1.807, 2.05) is 6.07 Å². The standard InChI is InChI=1S/C25H28F2N2O5/c1-14(30)9-16-10-18(15-5-3-4-6-15)21(31)12-19(16)29-24(32)23-13-28-20-11-17(34-25(2,26)27)7-8-22(20)33-23/h7-8,10-12,15,23,28,31H,3-6,9,13H2,1-2H3,(H,29,32). The van der Waals surface area contributed by atoms with E-state index in [-0.39, 0.29) is 36.2 Å². The number of amides is 1. The number of phenols is 1. The summed E-state index contributed by atoms with van der Waals surface area (Å²) >= 11 is 0. The van der Waals surface area contributed by atoms with E-state index in [2.05, 4.69) is 15.4 Å². The van der Waals surface area contributed by atoms with Crippen molar-refractivity contribution in [3.63, 3.8) is 0 Å². The maximum atomic E-state index is 13.1. The van der Waals surface area contributed by atoms with Crippen LogP contribution in [0.5, 0.6) is 17.2 Å². The van der Waals surface area contributed by atoms with E-state index in [0.717, 1.165) is 31.2 Å². The summed E-state index contributed by atoms with van der Waals surface area (Å²) in [6, 6.07) is 7.49. The summed E-state index contributed by atoms with van der Waals surface area (Å²) in [6.07, 6.45) is 0.0912. The number of carbonyl (C=O) groups excluding carboxylic acids is 2. The Morgan fingerprint density at radius 3 is 2.65 bits per heavy atom. The van der Waals surface area contributed by atoms with Gasteiger partial charge in [0.25, 0.3) is 5.91 Å². The first kappa shape index (κ1) is 23.8. The number of hydrogen-bond acceptors (Lipinski definition) is 6. The predicted octanol–water partition coefficient (Wildman–Crippen LogP) is 4.98. The van der Waals surface area contributed by atoms with Gasteiger partial charge in [-0.05, 0) is 55.0 Å². The zero-order chi connectivity index (χ0) is 24.5. The highest BCUT2D eigenvalue weighted by Gasteiger charge is 2.29. The quantitative estimate of drug-likeness (QED) is 0.524. The Labute approximate surface area is 196 Å². The Hall–Kier alpha value is -3.36. The van der Waals surface area contributed by atoms with Crippen molar-refractivity contribution in [2.45, 2.75) is 64.1 Å². The number of hydrogen-bond donors (Lipinski definition) is 3. The van der Waals surface area contributed by atoms with E-state index in [1.165, 1.54) is 31.2 Å². The normalized spacial score (nSPS) is 17.9. The molecule has 2 aromatic carbocycles. The Morgan fingerprint density at radius 2 is 1.97 bits per heavy atom. The fourth-order valence-corrected chi connectivity index (χ4v) is 4.52. The zero-order valence-electron chi connectivity index (χ0n) is 19.1. The summed E-state index contributed by atoms with van der Waals surface area (Å²) in [6.45, 7) is 2.22. The minimum Gasteiger partial charge on any atom is -0.508 e. The van der Waals surface area contributed by atoms with Gasteiger partial charge >= 0.3 is 6.11 Å². The Kier molecular flexibility index (Phi) is 6.63. The third kappa shape index (κ3) is 5.58. The van der Waals surface area contributed by atoms with Gasteiger partial charge in [0.1, 0.15) is 23.0 Å². The van der Waals surface area contributed by atoms with E-state index >= 15 is 0 Å². The molecule has 3 N–H and O–H groups in total. The molecule has 1 aliphatic heterocycles. The molecule has 2 aliphatic rings. The van der Waals surface area contributed by atoms with Gasteiger partial charge < -0.3 is 25.2 Å². The number of halogens is 2. The highest BCUT2D eigenvalue weighted by Crippen LogP contribution is 2.41. The van der Waals surface area contributed by atoms with Crippen LogP contribution in [0.1, 0.15) is 56.6 Å². The van der Waals surface area contributed by atoms with Crippen molar-refractivity contribution in [3.8, 4) is 17.2 Å². The highest BCUT2D eigenvalue weighted by molar-refractivity contribution is 5.97. The highest BCUT2D eigenvalue weighted by atomic mass is 19.3. The van der Waals surface area contributed by atoms with Gasteiger partial charge in [-0.2, -0.15) is 8.78 Å². The molecule has 9 heteroatoms. The molecule has 1 fully saturated rings. The van der Waals surface area contributed by atoms with E-state index < -0.39 is 18.1 Å². The van der Waals surface area contributed by atoms with Crippen LogP contribution >= 0.6 is 0 Å². The van der Waals surface area contributed by atoms with Crippen LogP contribution in [0.4, 0.5) is 20.2 Å². The van der Waals surface area contributed by atoms with Gasteiger partial charge in [0.2, 0.25) is 0 Å². The molecule has 0 spiro atoms. The van der Waals surface area contributed by atoms with Gasteiger partial charge in [-0.15, -0.1) is 0 Å². The molecule has 0 saturated heterocycles. The number of fused-ring (bicyclic) bond motifs is 1. The molecular formula is C25H28F2N2O5. The first-order valence-corrected chi connectivity index (χ1v) is 11.4. The molecular weight excluding hydrogens is 446 g/mol. The summed E-state index contributed by atoms with van der Waals surface area (Å²) in [5.74, 6) is 0.121. The molecule has 1 unspecified atom stereocenters. The third-order valence-corrected chi connectivity index (χ3v) is 6.03. The van der Waals surface area contributed by atoms with E-state index in [9.17, 15) is 23.5 Å². The lowest BCUT2D eigenvalue weighted by molar-refractivity contribution is -0.158. The minimum absolute atomic E-state index is 0.0306. The first-order valence-electron chi connectivity index (χ1n) is 11.4. The number of ketones is 1. The van der Waals surface area contributed by atoms with Crippen LogP contribution in [0.3, 0.4) is 0 Å². The van der Waals surface area contributed by atoms with Gasteiger partial charge in [-0.25, -0.2) is 0 Å². The topological polar surface area (TPSA) is 96.9 Å². The molecule has 1 saturated carbocycles. The molecule has 7 nitrogen and oxygen atoms in total. The van der Waals surface area contributed by atoms with Crippen LogP contribution in [0, 0.1) is 0 Å². The van der Waals surface area contributed by atoms with Crippen molar-refractivity contribution in [1.82, 2.24) is 0 Å². The number of alkyl halides is 2. The summed E-state index contributed by atoms with van der Waals surface area (Å²) in [5, 5.41) is 16.4. The molecule has 0 aromatic heterocycles. The number of anilines is 2. The molecule has 0 radical (unpaired) electrons. The molecule has 1 amide bonds. The van der Waals surface area contributed by atoms with Crippen LogP contribution in [-0.4, -0.2) is 35.6 Å². The second kappa shape index (κ2) is 9.48. The number of Topliss-reactive ketones (excluding diaryl/α,β-unsaturated/α-hetero) is 1. The van der Waals surface area contributed by atoms with Crippen LogP contribution < -0.4 is 20.1 Å². The lowest BCUT2D eigenvalue weighted by Crippen LogP contribution is -2.41. The van der Waals surface area contributed by atoms with Gasteiger partial charge in [0, 0.05) is 31.2 Å². The number of rotatable bonds is 7. The molecule has 34 heavy (non-hydrogen) atoms. The maximum Gasteiger partial charge on any atom is 0.394 e. The minimum atomic E-state index is -3.32. The average Bonchev–Trinajstić information content (AvgIpc) is 3.28. The van der Waals surface area contributed by atoms with Gasteiger partial charge in [-0.3, -0.25) is 9.59 Å². The molecule has 182 valence electrons. The number of benzene rings is 2. The maximum absolute atomic E-state index is 13.1. The number of carbonyl (C=O) groups is 2. The average molecular weight is 475 g/mol. The van der Waals surface area contributed by atoms with E-state index in [0.29, 0.717) is 29.6 Å². The summed E-state index contributed by atoms with van der Waals surface area (Å²) in [5.41, 5.74) is 2.25. The second-order valence-electron chi connectivity index (χ2n) is 8.97. The van der Waals surface area contributed by atoms with Crippen molar-refractivity contribution in [3.05, 3.63) is 41.5 Å². The molecule has 0 bridgehead atoms. The van der Waals surface area contributed by atoms with Crippen LogP contribution in [0.2, 0.25) is 0 Å². The summed E-state index contributed by atoms with van der Waals surface area (Å²) in [4.78, 5) is 24.8. The second-order valence-corrected chi connectivity index (χ2v) is 8.97. The Bertz CT molecular complexity index is 1090. The van der Waals surface area contributed by atoms with Crippen LogP contribution in [-0.2, 0) is 16.0 Å². The van der Waals surface area contributed by atoms with Gasteiger partial charge in [0.05, 0.1) is 12.2 Å². The van der Waals surface area contributed by atoms with Crippen LogP contribution in [0.15, 0.2) is 30.3 Å². The predicted molar refractivity (Wildman–Crippen MR) is 123 cm³/mol. The van der Waals surface area contributed by atoms with Crippen LogP contribution in [0.25, 0.3) is 0 Å². The molecule has 2 aromatic rings. The van der Waals surface area contributed by atoms with Crippen molar-refractivity contribution >= 4 is 23.1 Å². The van der Waals surface area contributed by atoms with Crippen molar-refractivity contribution in [2.24, 2.45) is 0 Å². The third-order valence-electron chi connectivity index (χ3n) is 6.03. The summed E-state index contributed by atoms with van der Waals surface area (Å²) < 4.78 is 36.5. The van der Waals surface area contributed by atoms with Gasteiger partial charge in [0.15, 0.2) is 6.10 Å². The zero-order valence-corrected chi connectivity index (χ0v) is 19.1.